The molecule has 0 saturated heterocycles. The zero-order chi connectivity index (χ0) is 16.3. The number of nitrogens with zero attached hydrogens (tertiary/aromatic N) is 1. The van der Waals surface area contributed by atoms with Crippen LogP contribution in [0.4, 0.5) is 0 Å². The van der Waals surface area contributed by atoms with E-state index in [1.807, 2.05) is 0 Å². The summed E-state index contributed by atoms with van der Waals surface area (Å²) in [6.07, 6.45) is -0.834. The zero-order valence-electron chi connectivity index (χ0n) is 12.2. The Balaban J connectivity index is 1.96. The minimum absolute atomic E-state index is 0.0195. The van der Waals surface area contributed by atoms with Crippen LogP contribution in [0.2, 0.25) is 10.0 Å². The van der Waals surface area contributed by atoms with E-state index < -0.39 is 6.10 Å². The van der Waals surface area contributed by atoms with Gasteiger partial charge in [0.15, 0.2) is 0 Å². The van der Waals surface area contributed by atoms with Crippen LogP contribution >= 0.6 is 23.2 Å². The molecule has 0 radical (unpaired) electrons. The number of nitrogens with one attached hydrogen (secondary N) is 1. The molecule has 2 N–H and O–H groups in total. The summed E-state index contributed by atoms with van der Waals surface area (Å²) in [4.78, 5) is 12.0. The molecule has 1 amide bonds. The topological polar surface area (TPSA) is 75.4 Å². The highest BCUT2D eigenvalue weighted by molar-refractivity contribution is 6.36. The van der Waals surface area contributed by atoms with Crippen LogP contribution in [0.25, 0.3) is 0 Å². The van der Waals surface area contributed by atoms with Gasteiger partial charge < -0.3 is 14.9 Å². The van der Waals surface area contributed by atoms with Gasteiger partial charge in [-0.05, 0) is 26.0 Å². The van der Waals surface area contributed by atoms with E-state index in [0.29, 0.717) is 27.1 Å². The number of aromatic nitrogens is 1. The second-order valence-electron chi connectivity index (χ2n) is 4.93. The van der Waals surface area contributed by atoms with E-state index in [2.05, 4.69) is 10.5 Å². The summed E-state index contributed by atoms with van der Waals surface area (Å²) in [6, 6.07) is 4.96. The lowest BCUT2D eigenvalue weighted by Crippen LogP contribution is -2.30. The quantitative estimate of drug-likeness (QED) is 0.875. The number of amides is 1. The third-order valence-corrected chi connectivity index (χ3v) is 4.00. The van der Waals surface area contributed by atoms with E-state index in [1.165, 1.54) is 0 Å². The molecular formula is C15H16Cl2N2O3. The SMILES string of the molecule is Cc1noc(C)c1CC(=O)NCC(O)c1c(Cl)cccc1Cl. The van der Waals surface area contributed by atoms with Crippen LogP contribution in [0, 0.1) is 13.8 Å². The van der Waals surface area contributed by atoms with Crippen LogP contribution in [0.5, 0.6) is 0 Å². The maximum Gasteiger partial charge on any atom is 0.224 e. The summed E-state index contributed by atoms with van der Waals surface area (Å²) in [7, 11) is 0. The molecule has 0 aliphatic carbocycles. The van der Waals surface area contributed by atoms with Crippen LogP contribution in [0.3, 0.4) is 0 Å². The van der Waals surface area contributed by atoms with Crippen molar-refractivity contribution in [2.45, 2.75) is 26.4 Å². The van der Waals surface area contributed by atoms with Crippen molar-refractivity contribution >= 4 is 29.1 Å². The standard InChI is InChI=1S/C15H16Cl2N2O3/c1-8-10(9(2)22-19-8)6-14(21)18-7-13(20)15-11(16)4-3-5-12(15)17/h3-5,13,20H,6-7H2,1-2H3,(H,18,21). The van der Waals surface area contributed by atoms with Gasteiger partial charge in [0.25, 0.3) is 0 Å². The molecule has 0 spiro atoms. The van der Waals surface area contributed by atoms with Gasteiger partial charge in [0, 0.05) is 27.7 Å². The van der Waals surface area contributed by atoms with Gasteiger partial charge in [0.05, 0.1) is 18.2 Å². The first-order chi connectivity index (χ1) is 10.4. The van der Waals surface area contributed by atoms with Crippen molar-refractivity contribution in [1.29, 1.82) is 0 Å². The minimum atomic E-state index is -0.977. The molecule has 2 aromatic rings. The Morgan fingerprint density at radius 2 is 2.00 bits per heavy atom. The highest BCUT2D eigenvalue weighted by Crippen LogP contribution is 2.29. The predicted octanol–water partition coefficient (Wildman–Crippen LogP) is 2.99. The van der Waals surface area contributed by atoms with E-state index in [9.17, 15) is 9.90 Å². The summed E-state index contributed by atoms with van der Waals surface area (Å²) < 4.78 is 5.01. The number of aliphatic hydroxyl groups excluding tert-OH is 1. The van der Waals surface area contributed by atoms with Gasteiger partial charge in [-0.1, -0.05) is 34.4 Å². The lowest BCUT2D eigenvalue weighted by molar-refractivity contribution is -0.120. The van der Waals surface area contributed by atoms with Crippen molar-refractivity contribution in [3.63, 3.8) is 0 Å². The van der Waals surface area contributed by atoms with E-state index >= 15 is 0 Å². The molecule has 0 aliphatic heterocycles. The minimum Gasteiger partial charge on any atom is -0.386 e. The predicted molar refractivity (Wildman–Crippen MR) is 84.1 cm³/mol. The van der Waals surface area contributed by atoms with Crippen LogP contribution in [-0.2, 0) is 11.2 Å². The summed E-state index contributed by atoms with van der Waals surface area (Å²) in [5.74, 6) is 0.374. The van der Waals surface area contributed by atoms with Crippen molar-refractivity contribution in [1.82, 2.24) is 10.5 Å². The number of hydrogen-bond acceptors (Lipinski definition) is 4. The number of halogens is 2. The molecule has 118 valence electrons. The Morgan fingerprint density at radius 1 is 1.36 bits per heavy atom. The van der Waals surface area contributed by atoms with Crippen molar-refractivity contribution in [2.24, 2.45) is 0 Å². The van der Waals surface area contributed by atoms with E-state index in [0.717, 1.165) is 5.56 Å². The summed E-state index contributed by atoms with van der Waals surface area (Å²) in [5, 5.41) is 17.3. The van der Waals surface area contributed by atoms with Gasteiger partial charge in [-0.25, -0.2) is 0 Å². The Labute approximate surface area is 138 Å². The molecule has 7 heteroatoms. The summed E-state index contributed by atoms with van der Waals surface area (Å²) >= 11 is 12.0. The Bertz CT molecular complexity index is 646. The van der Waals surface area contributed by atoms with E-state index in [4.69, 9.17) is 27.7 Å². The second-order valence-corrected chi connectivity index (χ2v) is 5.75. The fraction of sp³-hybridized carbons (Fsp3) is 0.333. The van der Waals surface area contributed by atoms with Crippen molar-refractivity contribution in [3.8, 4) is 0 Å². The van der Waals surface area contributed by atoms with Crippen LogP contribution < -0.4 is 5.32 Å². The number of rotatable bonds is 5. The van der Waals surface area contributed by atoms with Crippen LogP contribution in [0.1, 0.15) is 28.7 Å². The molecule has 0 bridgehead atoms. The Morgan fingerprint density at radius 3 is 2.55 bits per heavy atom. The van der Waals surface area contributed by atoms with Crippen molar-refractivity contribution < 1.29 is 14.4 Å². The van der Waals surface area contributed by atoms with E-state index in [1.54, 1.807) is 32.0 Å². The van der Waals surface area contributed by atoms with Crippen molar-refractivity contribution in [3.05, 3.63) is 50.8 Å². The van der Waals surface area contributed by atoms with Gasteiger partial charge in [0.1, 0.15) is 5.76 Å². The largest absolute Gasteiger partial charge is 0.386 e. The molecule has 1 atom stereocenters. The number of carbonyl (C=O) groups is 1. The number of hydrogen-bond donors (Lipinski definition) is 2. The van der Waals surface area contributed by atoms with Gasteiger partial charge in [-0.2, -0.15) is 0 Å². The smallest absolute Gasteiger partial charge is 0.224 e. The molecule has 1 aromatic heterocycles. The lowest BCUT2D eigenvalue weighted by atomic mass is 10.1. The summed E-state index contributed by atoms with van der Waals surface area (Å²) in [6.45, 7) is 3.55. The normalized spacial score (nSPS) is 12.2. The third kappa shape index (κ3) is 3.80. The first kappa shape index (κ1) is 16.8. The second kappa shape index (κ2) is 7.13. The van der Waals surface area contributed by atoms with Crippen LogP contribution in [-0.4, -0.2) is 22.7 Å². The van der Waals surface area contributed by atoms with Gasteiger partial charge in [-0.15, -0.1) is 0 Å². The average molecular weight is 343 g/mol. The number of benzene rings is 1. The molecule has 0 fully saturated rings. The summed E-state index contributed by atoms with van der Waals surface area (Å²) in [5.41, 5.74) is 1.84. The van der Waals surface area contributed by atoms with E-state index in [-0.39, 0.29) is 18.9 Å². The fourth-order valence-corrected chi connectivity index (χ4v) is 2.77. The van der Waals surface area contributed by atoms with Gasteiger partial charge in [0.2, 0.25) is 5.91 Å². The molecule has 0 aliphatic rings. The highest BCUT2D eigenvalue weighted by atomic mass is 35.5. The molecular weight excluding hydrogens is 327 g/mol. The molecule has 1 aromatic carbocycles. The molecule has 5 nitrogen and oxygen atoms in total. The fourth-order valence-electron chi connectivity index (χ4n) is 2.12. The molecule has 1 unspecified atom stereocenters. The first-order valence-electron chi connectivity index (χ1n) is 6.70. The highest BCUT2D eigenvalue weighted by Gasteiger charge is 2.18. The molecule has 2 rings (SSSR count). The third-order valence-electron chi connectivity index (χ3n) is 3.34. The average Bonchev–Trinajstić information content (AvgIpc) is 2.77. The monoisotopic (exact) mass is 342 g/mol. The maximum absolute atomic E-state index is 12.0. The van der Waals surface area contributed by atoms with Gasteiger partial charge >= 0.3 is 0 Å². The van der Waals surface area contributed by atoms with Crippen molar-refractivity contribution in [2.75, 3.05) is 6.54 Å². The molecule has 0 saturated carbocycles. The van der Waals surface area contributed by atoms with Gasteiger partial charge in [-0.3, -0.25) is 4.79 Å². The first-order valence-corrected chi connectivity index (χ1v) is 7.46. The van der Waals surface area contributed by atoms with Crippen LogP contribution in [0.15, 0.2) is 22.7 Å². The zero-order valence-corrected chi connectivity index (χ0v) is 13.7. The Hall–Kier alpha value is -1.56. The number of aliphatic hydroxyl groups is 1. The number of carbonyl (C=O) groups excluding carboxylic acids is 1. The molecule has 22 heavy (non-hydrogen) atoms. The molecule has 1 heterocycles. The Kier molecular flexibility index (Phi) is 5.45. The maximum atomic E-state index is 12.0. The number of aryl methyl sites for hydroxylation is 2. The lowest BCUT2D eigenvalue weighted by Gasteiger charge is -2.15.